The fourth-order valence-electron chi connectivity index (χ4n) is 3.32. The Hall–Kier alpha value is -1.84. The van der Waals surface area contributed by atoms with Gasteiger partial charge >= 0.3 is 0 Å². The number of aryl methyl sites for hydroxylation is 1. The number of aliphatic hydroxyl groups is 1. The third-order valence-electron chi connectivity index (χ3n) is 4.59. The van der Waals surface area contributed by atoms with E-state index < -0.39 is 0 Å². The number of hydrogen-bond acceptors (Lipinski definition) is 3. The van der Waals surface area contributed by atoms with Gasteiger partial charge in [0.25, 0.3) is 0 Å². The van der Waals surface area contributed by atoms with E-state index in [4.69, 9.17) is 0 Å². The van der Waals surface area contributed by atoms with Crippen LogP contribution in [0.1, 0.15) is 17.5 Å². The minimum Gasteiger partial charge on any atom is -0.395 e. The number of benzene rings is 2. The van der Waals surface area contributed by atoms with Crippen molar-refractivity contribution in [3.63, 3.8) is 0 Å². The molecule has 0 amide bonds. The summed E-state index contributed by atoms with van der Waals surface area (Å²) in [4.78, 5) is 2.37. The molecule has 1 aliphatic heterocycles. The maximum absolute atomic E-state index is 9.36. The van der Waals surface area contributed by atoms with Crippen LogP contribution in [0.5, 0.6) is 0 Å². The zero-order valence-electron chi connectivity index (χ0n) is 13.6. The van der Waals surface area contributed by atoms with Gasteiger partial charge in [0.2, 0.25) is 0 Å². The highest BCUT2D eigenvalue weighted by molar-refractivity contribution is 5.53. The Morgan fingerprint density at radius 2 is 1.78 bits per heavy atom. The molecule has 1 atom stereocenters. The van der Waals surface area contributed by atoms with Gasteiger partial charge in [-0.25, -0.2) is 0 Å². The lowest BCUT2D eigenvalue weighted by Gasteiger charge is -2.32. The molecule has 0 bridgehead atoms. The topological polar surface area (TPSA) is 35.5 Å². The zero-order valence-corrected chi connectivity index (χ0v) is 13.6. The summed E-state index contributed by atoms with van der Waals surface area (Å²) in [5.41, 5.74) is 4.05. The van der Waals surface area contributed by atoms with Gasteiger partial charge < -0.3 is 10.4 Å². The standard InChI is InChI=1S/C20H26N2O/c23-15-14-22(13-12-17-6-2-1-3-7-17)16-19-11-10-18-8-4-5-9-20(18)21-19/h1-9,19,21,23H,10-16H2/t19-/m0/s1. The van der Waals surface area contributed by atoms with E-state index in [1.807, 2.05) is 0 Å². The summed E-state index contributed by atoms with van der Waals surface area (Å²) < 4.78 is 0. The molecule has 0 spiro atoms. The molecule has 23 heavy (non-hydrogen) atoms. The molecular weight excluding hydrogens is 284 g/mol. The lowest BCUT2D eigenvalue weighted by atomic mass is 9.97. The van der Waals surface area contributed by atoms with Gasteiger partial charge in [-0.05, 0) is 36.5 Å². The molecule has 1 aliphatic rings. The molecule has 3 heteroatoms. The predicted molar refractivity (Wildman–Crippen MR) is 95.8 cm³/mol. The molecule has 2 N–H and O–H groups in total. The zero-order chi connectivity index (χ0) is 15.9. The monoisotopic (exact) mass is 310 g/mol. The van der Waals surface area contributed by atoms with Crippen molar-refractivity contribution in [3.8, 4) is 0 Å². The SMILES string of the molecule is OCCN(CCc1ccccc1)C[C@@H]1CCc2ccccc2N1. The van der Waals surface area contributed by atoms with Crippen molar-refractivity contribution in [1.82, 2.24) is 4.90 Å². The summed E-state index contributed by atoms with van der Waals surface area (Å²) >= 11 is 0. The second-order valence-corrected chi connectivity index (χ2v) is 6.30. The lowest BCUT2D eigenvalue weighted by molar-refractivity contribution is 0.190. The summed E-state index contributed by atoms with van der Waals surface area (Å²) in [6.45, 7) is 2.94. The highest BCUT2D eigenvalue weighted by atomic mass is 16.3. The molecule has 0 radical (unpaired) electrons. The number of hydrogen-bond donors (Lipinski definition) is 2. The first-order chi connectivity index (χ1) is 11.3. The molecule has 3 nitrogen and oxygen atoms in total. The molecule has 0 saturated carbocycles. The number of fused-ring (bicyclic) bond motifs is 1. The quantitative estimate of drug-likeness (QED) is 0.825. The predicted octanol–water partition coefficient (Wildman–Crippen LogP) is 2.95. The lowest BCUT2D eigenvalue weighted by Crippen LogP contribution is -2.41. The molecule has 0 unspecified atom stereocenters. The fraction of sp³-hybridized carbons (Fsp3) is 0.400. The van der Waals surface area contributed by atoms with Gasteiger partial charge in [-0.3, -0.25) is 4.90 Å². The van der Waals surface area contributed by atoms with Gasteiger partial charge in [0.15, 0.2) is 0 Å². The second kappa shape index (κ2) is 8.14. The van der Waals surface area contributed by atoms with Crippen LogP contribution in [0.15, 0.2) is 54.6 Å². The summed E-state index contributed by atoms with van der Waals surface area (Å²) in [6.07, 6.45) is 3.33. The molecule has 2 aromatic rings. The van der Waals surface area contributed by atoms with E-state index >= 15 is 0 Å². The minimum absolute atomic E-state index is 0.220. The van der Waals surface area contributed by atoms with E-state index in [2.05, 4.69) is 64.8 Å². The largest absolute Gasteiger partial charge is 0.395 e. The van der Waals surface area contributed by atoms with Crippen LogP contribution in [0, 0.1) is 0 Å². The van der Waals surface area contributed by atoms with Crippen LogP contribution < -0.4 is 5.32 Å². The molecule has 3 rings (SSSR count). The highest BCUT2D eigenvalue weighted by Crippen LogP contribution is 2.24. The van der Waals surface area contributed by atoms with E-state index in [-0.39, 0.29) is 6.61 Å². The average Bonchev–Trinajstić information content (AvgIpc) is 2.61. The van der Waals surface area contributed by atoms with Crippen LogP contribution in [0.4, 0.5) is 5.69 Å². The second-order valence-electron chi connectivity index (χ2n) is 6.30. The Kier molecular flexibility index (Phi) is 5.67. The third kappa shape index (κ3) is 4.57. The van der Waals surface area contributed by atoms with Gasteiger partial charge in [-0.15, -0.1) is 0 Å². The first-order valence-corrected chi connectivity index (χ1v) is 8.57. The number of anilines is 1. The first kappa shape index (κ1) is 16.0. The van der Waals surface area contributed by atoms with Crippen molar-refractivity contribution in [3.05, 3.63) is 65.7 Å². The van der Waals surface area contributed by atoms with Gasteiger partial charge in [-0.2, -0.15) is 0 Å². The average molecular weight is 310 g/mol. The van der Waals surface area contributed by atoms with Crippen molar-refractivity contribution in [2.24, 2.45) is 0 Å². The van der Waals surface area contributed by atoms with Crippen molar-refractivity contribution >= 4 is 5.69 Å². The third-order valence-corrected chi connectivity index (χ3v) is 4.59. The van der Waals surface area contributed by atoms with Crippen LogP contribution in [-0.2, 0) is 12.8 Å². The van der Waals surface area contributed by atoms with Crippen LogP contribution >= 0.6 is 0 Å². The number of aliphatic hydroxyl groups excluding tert-OH is 1. The fourth-order valence-corrected chi connectivity index (χ4v) is 3.32. The highest BCUT2D eigenvalue weighted by Gasteiger charge is 2.19. The van der Waals surface area contributed by atoms with Crippen molar-refractivity contribution in [2.45, 2.75) is 25.3 Å². The molecule has 2 aromatic carbocycles. The molecular formula is C20H26N2O. The minimum atomic E-state index is 0.220. The first-order valence-electron chi connectivity index (χ1n) is 8.57. The van der Waals surface area contributed by atoms with E-state index in [0.29, 0.717) is 6.04 Å². The molecule has 0 aromatic heterocycles. The normalized spacial score (nSPS) is 16.9. The van der Waals surface area contributed by atoms with Gasteiger partial charge in [-0.1, -0.05) is 48.5 Å². The Morgan fingerprint density at radius 3 is 2.61 bits per heavy atom. The smallest absolute Gasteiger partial charge is 0.0558 e. The summed E-state index contributed by atoms with van der Waals surface area (Å²) in [5.74, 6) is 0. The number of rotatable bonds is 7. The summed E-state index contributed by atoms with van der Waals surface area (Å²) in [7, 11) is 0. The Morgan fingerprint density at radius 1 is 1.00 bits per heavy atom. The number of nitrogens with one attached hydrogen (secondary N) is 1. The Bertz CT molecular complexity index is 600. The maximum atomic E-state index is 9.36. The molecule has 1 heterocycles. The van der Waals surface area contributed by atoms with Crippen LogP contribution in [0.25, 0.3) is 0 Å². The van der Waals surface area contributed by atoms with Gasteiger partial charge in [0.05, 0.1) is 6.61 Å². The van der Waals surface area contributed by atoms with E-state index in [1.54, 1.807) is 0 Å². The van der Waals surface area contributed by atoms with Gasteiger partial charge in [0.1, 0.15) is 0 Å². The number of nitrogens with zero attached hydrogens (tertiary/aromatic N) is 1. The Balaban J connectivity index is 1.55. The maximum Gasteiger partial charge on any atom is 0.0558 e. The van der Waals surface area contributed by atoms with Crippen molar-refractivity contribution < 1.29 is 5.11 Å². The van der Waals surface area contributed by atoms with E-state index in [9.17, 15) is 5.11 Å². The van der Waals surface area contributed by atoms with Gasteiger partial charge in [0, 0.05) is 31.4 Å². The van der Waals surface area contributed by atoms with E-state index in [0.717, 1.165) is 38.9 Å². The summed E-state index contributed by atoms with van der Waals surface area (Å²) in [5, 5.41) is 13.0. The van der Waals surface area contributed by atoms with Crippen molar-refractivity contribution in [1.29, 1.82) is 0 Å². The van der Waals surface area contributed by atoms with Crippen LogP contribution in [0.2, 0.25) is 0 Å². The summed E-state index contributed by atoms with van der Waals surface area (Å²) in [6, 6.07) is 19.6. The van der Waals surface area contributed by atoms with Crippen LogP contribution in [-0.4, -0.2) is 42.3 Å². The Labute approximate surface area is 139 Å². The van der Waals surface area contributed by atoms with Crippen molar-refractivity contribution in [2.75, 3.05) is 31.6 Å². The molecule has 0 aliphatic carbocycles. The molecule has 122 valence electrons. The van der Waals surface area contributed by atoms with E-state index in [1.165, 1.54) is 16.8 Å². The molecule has 0 fully saturated rings. The van der Waals surface area contributed by atoms with Crippen LogP contribution in [0.3, 0.4) is 0 Å². The number of para-hydroxylation sites is 1. The molecule has 0 saturated heterocycles.